The molecule has 4 aliphatic carbocycles. The number of hydrogen-bond donors (Lipinski definition) is 3. The number of anilines is 1. The van der Waals surface area contributed by atoms with E-state index in [1.807, 2.05) is 12.1 Å². The summed E-state index contributed by atoms with van der Waals surface area (Å²) in [4.78, 5) is 27.3. The molecule has 0 aliphatic heterocycles. The molecule has 3 N–H and O–H groups in total. The van der Waals surface area contributed by atoms with Crippen LogP contribution in [-0.2, 0) is 5.41 Å². The molecular weight excluding hydrogens is 464 g/mol. The second-order valence-corrected chi connectivity index (χ2v) is 10.9. The maximum Gasteiger partial charge on any atom is 0.335 e. The summed E-state index contributed by atoms with van der Waals surface area (Å²) >= 11 is 5.88. The first-order valence-corrected chi connectivity index (χ1v) is 12.5. The van der Waals surface area contributed by atoms with Gasteiger partial charge in [0.05, 0.1) is 17.6 Å². The third-order valence-electron chi connectivity index (χ3n) is 8.13. The van der Waals surface area contributed by atoms with Gasteiger partial charge in [0, 0.05) is 5.02 Å². The number of aromatic amines is 1. The Morgan fingerprint density at radius 2 is 1.57 bits per heavy atom. The zero-order valence-corrected chi connectivity index (χ0v) is 20.0. The van der Waals surface area contributed by atoms with E-state index in [1.165, 1.54) is 50.3 Å². The first-order chi connectivity index (χ1) is 16.9. The third kappa shape index (κ3) is 3.97. The highest BCUT2D eigenvalue weighted by molar-refractivity contribution is 6.30. The molecule has 0 atom stereocenters. The lowest BCUT2D eigenvalue weighted by Gasteiger charge is -2.57. The Labute approximate surface area is 207 Å². The molecule has 2 aromatic carbocycles. The second kappa shape index (κ2) is 8.41. The largest absolute Gasteiger partial charge is 0.493 e. The molecule has 35 heavy (non-hydrogen) atoms. The van der Waals surface area contributed by atoms with Gasteiger partial charge in [0.1, 0.15) is 5.56 Å². The quantitative estimate of drug-likeness (QED) is 0.353. The molecular formula is C27H27ClN4O3. The van der Waals surface area contributed by atoms with Crippen LogP contribution in [-0.4, -0.2) is 20.9 Å². The second-order valence-electron chi connectivity index (χ2n) is 10.5. The molecule has 7 rings (SSSR count). The lowest BCUT2D eigenvalue weighted by Crippen LogP contribution is -2.48. The summed E-state index contributed by atoms with van der Waals surface area (Å²) in [5.41, 5.74) is 3.99. The number of aromatic hydroxyl groups is 1. The summed E-state index contributed by atoms with van der Waals surface area (Å²) in [6.07, 6.45) is 9.11. The van der Waals surface area contributed by atoms with Gasteiger partial charge in [-0.2, -0.15) is 5.10 Å². The van der Waals surface area contributed by atoms with Crippen LogP contribution in [0.5, 0.6) is 5.88 Å². The van der Waals surface area contributed by atoms with Crippen molar-refractivity contribution in [3.63, 3.8) is 0 Å². The van der Waals surface area contributed by atoms with E-state index in [0.29, 0.717) is 16.4 Å². The van der Waals surface area contributed by atoms with E-state index in [9.17, 15) is 14.7 Å². The van der Waals surface area contributed by atoms with Crippen LogP contribution in [0.1, 0.15) is 49.7 Å². The van der Waals surface area contributed by atoms with E-state index >= 15 is 0 Å². The Hall–Kier alpha value is -3.32. The SMILES string of the molecule is O=c1[nH]c(=O)n(-c2ccc(C34CC5CC(CC(C5)C3)C4)cc2)c(O)c1C=NNc1ccc(Cl)cc1. The summed E-state index contributed by atoms with van der Waals surface area (Å²) < 4.78 is 1.11. The smallest absolute Gasteiger partial charge is 0.335 e. The molecule has 4 fully saturated rings. The van der Waals surface area contributed by atoms with Crippen molar-refractivity contribution in [3.8, 4) is 11.6 Å². The number of hydrogen-bond acceptors (Lipinski definition) is 5. The van der Waals surface area contributed by atoms with Crippen molar-refractivity contribution in [2.75, 3.05) is 5.43 Å². The van der Waals surface area contributed by atoms with E-state index < -0.39 is 17.1 Å². The zero-order valence-electron chi connectivity index (χ0n) is 19.2. The molecule has 7 nitrogen and oxygen atoms in total. The fourth-order valence-electron chi connectivity index (χ4n) is 7.02. The Kier molecular flexibility index (Phi) is 5.33. The molecule has 0 spiro atoms. The van der Waals surface area contributed by atoms with Crippen LogP contribution < -0.4 is 16.7 Å². The van der Waals surface area contributed by atoms with Gasteiger partial charge in [-0.1, -0.05) is 23.7 Å². The van der Waals surface area contributed by atoms with Crippen molar-refractivity contribution >= 4 is 23.5 Å². The van der Waals surface area contributed by atoms with E-state index in [0.717, 1.165) is 22.3 Å². The van der Waals surface area contributed by atoms with Crippen molar-refractivity contribution < 1.29 is 5.11 Å². The summed E-state index contributed by atoms with van der Waals surface area (Å²) in [7, 11) is 0. The van der Waals surface area contributed by atoms with Crippen LogP contribution in [0.25, 0.3) is 5.69 Å². The lowest BCUT2D eigenvalue weighted by atomic mass is 9.48. The summed E-state index contributed by atoms with van der Waals surface area (Å²) in [6, 6.07) is 14.8. The molecule has 1 heterocycles. The van der Waals surface area contributed by atoms with Gasteiger partial charge in [0.2, 0.25) is 5.88 Å². The fraction of sp³-hybridized carbons (Fsp3) is 0.370. The van der Waals surface area contributed by atoms with Gasteiger partial charge in [-0.05, 0) is 104 Å². The van der Waals surface area contributed by atoms with Gasteiger partial charge >= 0.3 is 5.69 Å². The number of H-pyrrole nitrogens is 1. The summed E-state index contributed by atoms with van der Waals surface area (Å²) in [5.74, 6) is 2.07. The normalized spacial score (nSPS) is 26.9. The molecule has 8 heteroatoms. The highest BCUT2D eigenvalue weighted by Crippen LogP contribution is 2.60. The Morgan fingerprint density at radius 1 is 0.971 bits per heavy atom. The van der Waals surface area contributed by atoms with Crippen LogP contribution in [0.4, 0.5) is 5.69 Å². The highest BCUT2D eigenvalue weighted by Gasteiger charge is 2.51. The maximum atomic E-state index is 12.6. The summed E-state index contributed by atoms with van der Waals surface area (Å²) in [5, 5.41) is 15.5. The maximum absolute atomic E-state index is 12.6. The molecule has 3 aromatic rings. The van der Waals surface area contributed by atoms with Crippen LogP contribution in [0.2, 0.25) is 5.02 Å². The molecule has 0 saturated heterocycles. The van der Waals surface area contributed by atoms with Crippen molar-refractivity contribution in [1.82, 2.24) is 9.55 Å². The fourth-order valence-corrected chi connectivity index (χ4v) is 7.14. The Balaban J connectivity index is 1.29. The Bertz CT molecular complexity index is 1370. The predicted octanol–water partition coefficient (Wildman–Crippen LogP) is 4.80. The predicted molar refractivity (Wildman–Crippen MR) is 137 cm³/mol. The van der Waals surface area contributed by atoms with Gasteiger partial charge in [0.15, 0.2) is 0 Å². The van der Waals surface area contributed by atoms with Crippen molar-refractivity contribution in [2.45, 2.75) is 43.9 Å². The van der Waals surface area contributed by atoms with Crippen LogP contribution in [0, 0.1) is 17.8 Å². The van der Waals surface area contributed by atoms with Crippen LogP contribution in [0.15, 0.2) is 63.2 Å². The molecule has 4 saturated carbocycles. The monoisotopic (exact) mass is 490 g/mol. The number of aromatic nitrogens is 2. The van der Waals surface area contributed by atoms with Crippen molar-refractivity contribution in [1.29, 1.82) is 0 Å². The minimum atomic E-state index is -0.712. The topological polar surface area (TPSA) is 99.5 Å². The van der Waals surface area contributed by atoms with Gasteiger partial charge < -0.3 is 5.11 Å². The number of hydrazone groups is 1. The van der Waals surface area contributed by atoms with Crippen molar-refractivity contribution in [2.24, 2.45) is 22.9 Å². The van der Waals surface area contributed by atoms with Gasteiger partial charge in [-0.25, -0.2) is 9.36 Å². The molecule has 0 radical (unpaired) electrons. The minimum absolute atomic E-state index is 0.115. The van der Waals surface area contributed by atoms with E-state index in [-0.39, 0.29) is 11.0 Å². The first-order valence-electron chi connectivity index (χ1n) is 12.1. The number of benzene rings is 2. The summed E-state index contributed by atoms with van der Waals surface area (Å²) in [6.45, 7) is 0. The first kappa shape index (κ1) is 22.2. The van der Waals surface area contributed by atoms with Gasteiger partial charge in [-0.3, -0.25) is 15.2 Å². The number of halogens is 1. The van der Waals surface area contributed by atoms with Crippen molar-refractivity contribution in [3.05, 3.63) is 85.5 Å². The van der Waals surface area contributed by atoms with Crippen LogP contribution in [0.3, 0.4) is 0 Å². The standard InChI is InChI=1S/C27H27ClN4O3/c28-20-3-5-21(6-4-20)31-29-15-23-24(33)30-26(35)32(25(23)34)22-7-1-19(2-8-22)27-12-16-9-17(13-27)11-18(10-16)14-27/h1-8,15-18,31,34H,9-14H2,(H,30,33,35). The average Bonchev–Trinajstić information content (AvgIpc) is 2.82. The molecule has 4 aliphatic rings. The zero-order chi connectivity index (χ0) is 24.2. The van der Waals surface area contributed by atoms with E-state index in [4.69, 9.17) is 11.6 Å². The van der Waals surface area contributed by atoms with Gasteiger partial charge in [-0.15, -0.1) is 0 Å². The molecule has 180 valence electrons. The lowest BCUT2D eigenvalue weighted by molar-refractivity contribution is -0.00518. The molecule has 1 aromatic heterocycles. The average molecular weight is 491 g/mol. The van der Waals surface area contributed by atoms with Gasteiger partial charge in [0.25, 0.3) is 5.56 Å². The number of nitrogens with zero attached hydrogens (tertiary/aromatic N) is 2. The Morgan fingerprint density at radius 3 is 2.17 bits per heavy atom. The third-order valence-corrected chi connectivity index (χ3v) is 8.38. The van der Waals surface area contributed by atoms with Crippen LogP contribution >= 0.6 is 11.6 Å². The molecule has 4 bridgehead atoms. The number of rotatable bonds is 5. The van der Waals surface area contributed by atoms with E-state index in [2.05, 4.69) is 27.6 Å². The minimum Gasteiger partial charge on any atom is -0.493 e. The van der Waals surface area contributed by atoms with E-state index in [1.54, 1.807) is 24.3 Å². The number of nitrogens with one attached hydrogen (secondary N) is 2. The molecule has 0 amide bonds. The molecule has 0 unspecified atom stereocenters. The highest BCUT2D eigenvalue weighted by atomic mass is 35.5.